The predicted molar refractivity (Wildman–Crippen MR) is 79.0 cm³/mol. The number of thioether (sulfide) groups is 1. The number of carbonyl (C=O) groups excluding carboxylic acids is 1. The number of halogens is 1. The molecule has 2 rings (SSSR count). The zero-order valence-corrected chi connectivity index (χ0v) is 12.6. The molecule has 1 unspecified atom stereocenters. The van der Waals surface area contributed by atoms with Crippen molar-refractivity contribution in [2.45, 2.75) is 18.2 Å². The molecule has 0 saturated carbocycles. The minimum absolute atomic E-state index is 0.170. The molecular formula is C13H14ClNO5S. The third kappa shape index (κ3) is 4.18. The SMILES string of the molecule is O=CNC(CCSCc1cc(Cl)c2c(c1)OCO2)C(=O)O. The number of aliphatic carboxylic acids is 1. The van der Waals surface area contributed by atoms with Crippen molar-refractivity contribution >= 4 is 35.7 Å². The van der Waals surface area contributed by atoms with E-state index in [-0.39, 0.29) is 6.79 Å². The highest BCUT2D eigenvalue weighted by molar-refractivity contribution is 7.98. The van der Waals surface area contributed by atoms with E-state index in [1.54, 1.807) is 17.8 Å². The fraction of sp³-hybridized carbons (Fsp3) is 0.385. The van der Waals surface area contributed by atoms with Gasteiger partial charge in [-0.05, 0) is 29.9 Å². The van der Waals surface area contributed by atoms with E-state index in [0.717, 1.165) is 5.56 Å². The smallest absolute Gasteiger partial charge is 0.326 e. The van der Waals surface area contributed by atoms with Crippen LogP contribution in [0.2, 0.25) is 5.02 Å². The van der Waals surface area contributed by atoms with E-state index in [0.29, 0.717) is 40.9 Å². The summed E-state index contributed by atoms with van der Waals surface area (Å²) in [4.78, 5) is 21.1. The summed E-state index contributed by atoms with van der Waals surface area (Å²) in [6, 6.07) is 2.82. The Labute approximate surface area is 130 Å². The average Bonchev–Trinajstić information content (AvgIpc) is 2.91. The molecule has 0 saturated heterocycles. The van der Waals surface area contributed by atoms with Gasteiger partial charge < -0.3 is 19.9 Å². The minimum atomic E-state index is -1.03. The Hall–Kier alpha value is -1.60. The van der Waals surface area contributed by atoms with Gasteiger partial charge in [0.2, 0.25) is 13.2 Å². The van der Waals surface area contributed by atoms with E-state index in [9.17, 15) is 9.59 Å². The van der Waals surface area contributed by atoms with Gasteiger partial charge in [-0.2, -0.15) is 11.8 Å². The molecule has 1 heterocycles. The highest BCUT2D eigenvalue weighted by Gasteiger charge is 2.19. The molecule has 1 amide bonds. The molecule has 8 heteroatoms. The van der Waals surface area contributed by atoms with E-state index >= 15 is 0 Å². The van der Waals surface area contributed by atoms with Crippen molar-refractivity contribution in [3.8, 4) is 11.5 Å². The summed E-state index contributed by atoms with van der Waals surface area (Å²) in [6.45, 7) is 0.170. The van der Waals surface area contributed by atoms with E-state index in [2.05, 4.69) is 5.32 Å². The van der Waals surface area contributed by atoms with Crippen LogP contribution in [0.5, 0.6) is 11.5 Å². The average molecular weight is 332 g/mol. The van der Waals surface area contributed by atoms with Gasteiger partial charge in [-0.3, -0.25) is 4.79 Å². The number of benzene rings is 1. The first-order valence-electron chi connectivity index (χ1n) is 6.20. The molecule has 2 N–H and O–H groups in total. The van der Waals surface area contributed by atoms with E-state index in [4.69, 9.17) is 26.2 Å². The lowest BCUT2D eigenvalue weighted by molar-refractivity contribution is -0.140. The van der Waals surface area contributed by atoms with Crippen LogP contribution in [0.4, 0.5) is 0 Å². The molecule has 1 aliphatic heterocycles. The second-order valence-electron chi connectivity index (χ2n) is 4.33. The molecule has 114 valence electrons. The van der Waals surface area contributed by atoms with Crippen LogP contribution < -0.4 is 14.8 Å². The van der Waals surface area contributed by atoms with E-state index in [1.165, 1.54) is 0 Å². The van der Waals surface area contributed by atoms with Crippen molar-refractivity contribution in [3.63, 3.8) is 0 Å². The summed E-state index contributed by atoms with van der Waals surface area (Å²) >= 11 is 7.64. The van der Waals surface area contributed by atoms with Gasteiger partial charge in [-0.15, -0.1) is 0 Å². The third-order valence-electron chi connectivity index (χ3n) is 2.87. The number of carboxylic acid groups (broad SMARTS) is 1. The number of hydrogen-bond donors (Lipinski definition) is 2. The molecule has 1 atom stereocenters. The summed E-state index contributed by atoms with van der Waals surface area (Å²) in [7, 11) is 0. The zero-order valence-electron chi connectivity index (χ0n) is 11.0. The second kappa shape index (κ2) is 7.42. The Morgan fingerprint density at radius 3 is 3.05 bits per heavy atom. The molecule has 21 heavy (non-hydrogen) atoms. The highest BCUT2D eigenvalue weighted by atomic mass is 35.5. The molecule has 0 radical (unpaired) electrons. The summed E-state index contributed by atoms with van der Waals surface area (Å²) < 4.78 is 10.5. The summed E-state index contributed by atoms with van der Waals surface area (Å²) in [5, 5.41) is 11.7. The van der Waals surface area contributed by atoms with Crippen LogP contribution in [0.3, 0.4) is 0 Å². The number of hydrogen-bond acceptors (Lipinski definition) is 5. The molecule has 1 aliphatic rings. The Morgan fingerprint density at radius 2 is 2.33 bits per heavy atom. The third-order valence-corrected chi connectivity index (χ3v) is 4.22. The zero-order chi connectivity index (χ0) is 15.2. The molecule has 0 aliphatic carbocycles. The molecular weight excluding hydrogens is 318 g/mol. The van der Waals surface area contributed by atoms with Gasteiger partial charge in [0, 0.05) is 5.75 Å². The Bertz CT molecular complexity index is 540. The van der Waals surface area contributed by atoms with Crippen LogP contribution in [-0.4, -0.2) is 36.1 Å². The van der Waals surface area contributed by atoms with Gasteiger partial charge in [0.25, 0.3) is 0 Å². The number of rotatable bonds is 8. The number of fused-ring (bicyclic) bond motifs is 1. The van der Waals surface area contributed by atoms with Crippen LogP contribution >= 0.6 is 23.4 Å². The van der Waals surface area contributed by atoms with Crippen molar-refractivity contribution in [1.29, 1.82) is 0 Å². The van der Waals surface area contributed by atoms with Gasteiger partial charge in [0.1, 0.15) is 6.04 Å². The maximum Gasteiger partial charge on any atom is 0.326 e. The summed E-state index contributed by atoms with van der Waals surface area (Å²) in [5.74, 6) is 1.43. The number of nitrogens with one attached hydrogen (secondary N) is 1. The second-order valence-corrected chi connectivity index (χ2v) is 5.84. The fourth-order valence-electron chi connectivity index (χ4n) is 1.86. The van der Waals surface area contributed by atoms with Crippen LogP contribution in [0.1, 0.15) is 12.0 Å². The maximum absolute atomic E-state index is 10.8. The molecule has 0 bridgehead atoms. The molecule has 1 aromatic rings. The first-order chi connectivity index (χ1) is 10.1. The Kier molecular flexibility index (Phi) is 5.58. The normalized spacial score (nSPS) is 13.8. The van der Waals surface area contributed by atoms with Crippen LogP contribution in [0.15, 0.2) is 12.1 Å². The lowest BCUT2D eigenvalue weighted by Crippen LogP contribution is -2.36. The van der Waals surface area contributed by atoms with Gasteiger partial charge >= 0.3 is 5.97 Å². The lowest BCUT2D eigenvalue weighted by atomic mass is 10.2. The summed E-state index contributed by atoms with van der Waals surface area (Å²) in [6.07, 6.45) is 0.762. The van der Waals surface area contributed by atoms with Gasteiger partial charge in [-0.25, -0.2) is 4.79 Å². The van der Waals surface area contributed by atoms with Crippen LogP contribution in [0.25, 0.3) is 0 Å². The largest absolute Gasteiger partial charge is 0.480 e. The lowest BCUT2D eigenvalue weighted by Gasteiger charge is -2.10. The van der Waals surface area contributed by atoms with Crippen molar-refractivity contribution in [2.24, 2.45) is 0 Å². The van der Waals surface area contributed by atoms with Gasteiger partial charge in [0.15, 0.2) is 11.5 Å². The predicted octanol–water partition coefficient (Wildman–Crippen LogP) is 1.89. The van der Waals surface area contributed by atoms with Crippen molar-refractivity contribution in [2.75, 3.05) is 12.5 Å². The number of amides is 1. The maximum atomic E-state index is 10.8. The van der Waals surface area contributed by atoms with Crippen molar-refractivity contribution < 1.29 is 24.2 Å². The fourth-order valence-corrected chi connectivity index (χ4v) is 3.09. The minimum Gasteiger partial charge on any atom is -0.480 e. The van der Waals surface area contributed by atoms with E-state index < -0.39 is 12.0 Å². The molecule has 0 aromatic heterocycles. The summed E-state index contributed by atoms with van der Waals surface area (Å²) in [5.41, 5.74) is 0.976. The molecule has 1 aromatic carbocycles. The topological polar surface area (TPSA) is 84.9 Å². The number of carbonyl (C=O) groups is 2. The van der Waals surface area contributed by atoms with Crippen LogP contribution in [-0.2, 0) is 15.3 Å². The standard InChI is InChI=1S/C13H14ClNO5S/c14-9-3-8(4-11-12(9)20-7-19-11)5-21-2-1-10(13(17)18)15-6-16/h3-4,6,10H,1-2,5,7H2,(H,15,16)(H,17,18). The monoisotopic (exact) mass is 331 g/mol. The highest BCUT2D eigenvalue weighted by Crippen LogP contribution is 2.40. The quantitative estimate of drug-likeness (QED) is 0.559. The molecule has 0 spiro atoms. The number of ether oxygens (including phenoxy) is 2. The molecule has 0 fully saturated rings. The van der Waals surface area contributed by atoms with Gasteiger partial charge in [0.05, 0.1) is 5.02 Å². The first kappa shape index (κ1) is 15.8. The number of carboxylic acids is 1. The molecule has 6 nitrogen and oxygen atoms in total. The van der Waals surface area contributed by atoms with Crippen LogP contribution in [0, 0.1) is 0 Å². The van der Waals surface area contributed by atoms with Crippen molar-refractivity contribution in [1.82, 2.24) is 5.32 Å². The Morgan fingerprint density at radius 1 is 1.52 bits per heavy atom. The Balaban J connectivity index is 1.82. The van der Waals surface area contributed by atoms with E-state index in [1.807, 2.05) is 6.07 Å². The van der Waals surface area contributed by atoms with Crippen molar-refractivity contribution in [3.05, 3.63) is 22.7 Å². The first-order valence-corrected chi connectivity index (χ1v) is 7.73. The van der Waals surface area contributed by atoms with Gasteiger partial charge in [-0.1, -0.05) is 11.6 Å².